The summed E-state index contributed by atoms with van der Waals surface area (Å²) < 4.78 is 5.11. The van der Waals surface area contributed by atoms with Crippen molar-refractivity contribution in [1.82, 2.24) is 5.32 Å². The summed E-state index contributed by atoms with van der Waals surface area (Å²) in [6, 6.07) is 0.511. The maximum atomic E-state index is 11.7. The largest absolute Gasteiger partial charge is 0.466 e. The Morgan fingerprint density at radius 2 is 2.18 bits per heavy atom. The van der Waals surface area contributed by atoms with Crippen molar-refractivity contribution in [1.29, 1.82) is 0 Å². The van der Waals surface area contributed by atoms with Crippen LogP contribution in [0.4, 0.5) is 0 Å². The number of ether oxygens (including phenoxy) is 1. The van der Waals surface area contributed by atoms with Crippen molar-refractivity contribution in [3.05, 3.63) is 0 Å². The molecule has 1 aliphatic rings. The highest BCUT2D eigenvalue weighted by molar-refractivity contribution is 5.72. The molecule has 0 bridgehead atoms. The van der Waals surface area contributed by atoms with E-state index in [0.717, 1.165) is 31.7 Å². The molecule has 1 N–H and O–H groups in total. The molecule has 1 fully saturated rings. The Hall–Kier alpha value is -0.570. The van der Waals surface area contributed by atoms with Crippen molar-refractivity contribution in [3.63, 3.8) is 0 Å². The minimum Gasteiger partial charge on any atom is -0.466 e. The van der Waals surface area contributed by atoms with Crippen molar-refractivity contribution in [2.24, 2.45) is 11.8 Å². The van der Waals surface area contributed by atoms with Gasteiger partial charge < -0.3 is 10.1 Å². The van der Waals surface area contributed by atoms with Gasteiger partial charge in [-0.1, -0.05) is 20.3 Å². The molecule has 100 valence electrons. The predicted octanol–water partition coefficient (Wildman–Crippen LogP) is 2.74. The first-order valence-corrected chi connectivity index (χ1v) is 7.03. The Labute approximate surface area is 105 Å². The topological polar surface area (TPSA) is 38.3 Å². The van der Waals surface area contributed by atoms with E-state index < -0.39 is 0 Å². The van der Waals surface area contributed by atoms with Crippen LogP contribution in [-0.2, 0) is 9.53 Å². The van der Waals surface area contributed by atoms with E-state index in [0.29, 0.717) is 12.6 Å². The smallest absolute Gasteiger partial charge is 0.308 e. The molecule has 1 aliphatic carbocycles. The van der Waals surface area contributed by atoms with E-state index in [-0.39, 0.29) is 11.9 Å². The van der Waals surface area contributed by atoms with Gasteiger partial charge in [0, 0.05) is 6.04 Å². The van der Waals surface area contributed by atoms with Crippen LogP contribution in [0.2, 0.25) is 0 Å². The molecule has 3 heteroatoms. The third kappa shape index (κ3) is 5.53. The number of nitrogens with one attached hydrogen (secondary N) is 1. The lowest BCUT2D eigenvalue weighted by atomic mass is 9.85. The van der Waals surface area contributed by atoms with Crippen LogP contribution in [0.5, 0.6) is 0 Å². The molecule has 3 nitrogen and oxygen atoms in total. The highest BCUT2D eigenvalue weighted by Crippen LogP contribution is 2.25. The summed E-state index contributed by atoms with van der Waals surface area (Å²) in [7, 11) is 0. The Balaban J connectivity index is 2.26. The van der Waals surface area contributed by atoms with Gasteiger partial charge in [-0.25, -0.2) is 0 Å². The van der Waals surface area contributed by atoms with Crippen LogP contribution in [0.15, 0.2) is 0 Å². The van der Waals surface area contributed by atoms with Gasteiger partial charge in [-0.3, -0.25) is 4.79 Å². The summed E-state index contributed by atoms with van der Waals surface area (Å²) in [5.41, 5.74) is 0. The molecular formula is C14H27NO2. The molecule has 17 heavy (non-hydrogen) atoms. The number of carbonyl (C=O) groups excluding carboxylic acids is 1. The lowest BCUT2D eigenvalue weighted by Crippen LogP contribution is -2.37. The highest BCUT2D eigenvalue weighted by Gasteiger charge is 2.27. The fraction of sp³-hybridized carbons (Fsp3) is 0.929. The molecule has 0 aromatic carbocycles. The maximum Gasteiger partial charge on any atom is 0.308 e. The number of hydrogen-bond acceptors (Lipinski definition) is 3. The minimum absolute atomic E-state index is 0.00265. The maximum absolute atomic E-state index is 11.7. The third-order valence-corrected chi connectivity index (χ3v) is 3.45. The molecule has 0 radical (unpaired) electrons. The van der Waals surface area contributed by atoms with Crippen molar-refractivity contribution in [2.75, 3.05) is 13.2 Å². The Morgan fingerprint density at radius 3 is 2.82 bits per heavy atom. The van der Waals surface area contributed by atoms with E-state index in [1.54, 1.807) is 0 Å². The van der Waals surface area contributed by atoms with E-state index in [1.165, 1.54) is 12.8 Å². The molecule has 2 atom stereocenters. The number of rotatable bonds is 6. The van der Waals surface area contributed by atoms with Crippen LogP contribution in [0.1, 0.15) is 52.9 Å². The van der Waals surface area contributed by atoms with Gasteiger partial charge in [0.1, 0.15) is 0 Å². The van der Waals surface area contributed by atoms with Crippen molar-refractivity contribution in [3.8, 4) is 0 Å². The van der Waals surface area contributed by atoms with Gasteiger partial charge >= 0.3 is 5.97 Å². The lowest BCUT2D eigenvalue weighted by Gasteiger charge is -2.28. The van der Waals surface area contributed by atoms with Crippen LogP contribution in [0, 0.1) is 11.8 Å². The molecule has 0 amide bonds. The first-order chi connectivity index (χ1) is 8.13. The highest BCUT2D eigenvalue weighted by atomic mass is 16.5. The molecule has 0 spiro atoms. The second-order valence-corrected chi connectivity index (χ2v) is 5.45. The summed E-state index contributed by atoms with van der Waals surface area (Å²) in [6.45, 7) is 7.92. The van der Waals surface area contributed by atoms with Gasteiger partial charge in [-0.2, -0.15) is 0 Å². The monoisotopic (exact) mass is 241 g/mol. The van der Waals surface area contributed by atoms with Gasteiger partial charge in [0.05, 0.1) is 12.5 Å². The van der Waals surface area contributed by atoms with Crippen LogP contribution in [0.25, 0.3) is 0 Å². The standard InChI is InChI=1S/C14H27NO2/c1-4-17-14(16)12-6-5-7-13(10-12)15-9-8-11(2)3/h11-13,15H,4-10H2,1-3H3. The fourth-order valence-electron chi connectivity index (χ4n) is 2.43. The zero-order valence-electron chi connectivity index (χ0n) is 11.5. The summed E-state index contributed by atoms with van der Waals surface area (Å²) in [5, 5.41) is 3.57. The lowest BCUT2D eigenvalue weighted by molar-refractivity contribution is -0.149. The summed E-state index contributed by atoms with van der Waals surface area (Å²) >= 11 is 0. The van der Waals surface area contributed by atoms with Gasteiger partial charge in [-0.05, 0) is 45.1 Å². The molecule has 1 saturated carbocycles. The number of esters is 1. The number of carbonyl (C=O) groups is 1. The van der Waals surface area contributed by atoms with Crippen molar-refractivity contribution < 1.29 is 9.53 Å². The second kappa shape index (κ2) is 7.70. The van der Waals surface area contributed by atoms with Crippen molar-refractivity contribution >= 4 is 5.97 Å². The summed E-state index contributed by atoms with van der Waals surface area (Å²) in [4.78, 5) is 11.7. The zero-order valence-corrected chi connectivity index (χ0v) is 11.5. The zero-order chi connectivity index (χ0) is 12.7. The van der Waals surface area contributed by atoms with Crippen LogP contribution < -0.4 is 5.32 Å². The second-order valence-electron chi connectivity index (χ2n) is 5.45. The van der Waals surface area contributed by atoms with Gasteiger partial charge in [-0.15, -0.1) is 0 Å². The van der Waals surface area contributed by atoms with E-state index in [9.17, 15) is 4.79 Å². The molecule has 2 unspecified atom stereocenters. The Kier molecular flexibility index (Phi) is 6.56. The molecule has 1 rings (SSSR count). The van der Waals surface area contributed by atoms with Crippen molar-refractivity contribution in [2.45, 2.75) is 58.9 Å². The average Bonchev–Trinajstić information content (AvgIpc) is 2.29. The molecule has 0 saturated heterocycles. The Morgan fingerprint density at radius 1 is 1.41 bits per heavy atom. The SMILES string of the molecule is CCOC(=O)C1CCCC(NCCC(C)C)C1. The van der Waals surface area contributed by atoms with E-state index >= 15 is 0 Å². The van der Waals surface area contributed by atoms with Gasteiger partial charge in [0.15, 0.2) is 0 Å². The van der Waals surface area contributed by atoms with Crippen LogP contribution in [0.3, 0.4) is 0 Å². The van der Waals surface area contributed by atoms with E-state index in [2.05, 4.69) is 19.2 Å². The Bertz CT molecular complexity index is 228. The quantitative estimate of drug-likeness (QED) is 0.727. The number of hydrogen-bond donors (Lipinski definition) is 1. The summed E-state index contributed by atoms with van der Waals surface area (Å²) in [6.07, 6.45) is 5.51. The van der Waals surface area contributed by atoms with Crippen LogP contribution >= 0.6 is 0 Å². The summed E-state index contributed by atoms with van der Waals surface area (Å²) in [5.74, 6) is 0.870. The molecule has 0 aliphatic heterocycles. The average molecular weight is 241 g/mol. The van der Waals surface area contributed by atoms with E-state index in [4.69, 9.17) is 4.74 Å². The third-order valence-electron chi connectivity index (χ3n) is 3.45. The molecule has 0 aromatic heterocycles. The minimum atomic E-state index is 0.00265. The normalized spacial score (nSPS) is 24.9. The first-order valence-electron chi connectivity index (χ1n) is 7.03. The fourth-order valence-corrected chi connectivity index (χ4v) is 2.43. The van der Waals surface area contributed by atoms with Gasteiger partial charge in [0.25, 0.3) is 0 Å². The van der Waals surface area contributed by atoms with Crippen LogP contribution in [-0.4, -0.2) is 25.2 Å². The molecule has 0 heterocycles. The molecule has 0 aromatic rings. The van der Waals surface area contributed by atoms with Gasteiger partial charge in [0.2, 0.25) is 0 Å². The van der Waals surface area contributed by atoms with E-state index in [1.807, 2.05) is 6.92 Å². The predicted molar refractivity (Wildman–Crippen MR) is 69.8 cm³/mol. The first kappa shape index (κ1) is 14.5. The molecular weight excluding hydrogens is 214 g/mol.